The zero-order valence-electron chi connectivity index (χ0n) is 31.9. The fraction of sp³-hybridized carbons (Fsp3) is 0.535. The van der Waals surface area contributed by atoms with Crippen LogP contribution in [0.2, 0.25) is 0 Å². The maximum Gasteiger partial charge on any atom is 0.243 e. The van der Waals surface area contributed by atoms with Gasteiger partial charge in [0.1, 0.15) is 6.04 Å². The topological polar surface area (TPSA) is 135 Å². The van der Waals surface area contributed by atoms with Gasteiger partial charge in [-0.15, -0.1) is 23.7 Å². The predicted molar refractivity (Wildman–Crippen MR) is 214 cm³/mol. The van der Waals surface area contributed by atoms with Crippen molar-refractivity contribution in [2.45, 2.75) is 108 Å². The van der Waals surface area contributed by atoms with Crippen LogP contribution in [0.1, 0.15) is 81.0 Å². The Bertz CT molecular complexity index is 1580. The molecule has 0 saturated heterocycles. The number of benzene rings is 2. The lowest BCUT2D eigenvalue weighted by molar-refractivity contribution is -0.137. The molecule has 5 atom stereocenters. The summed E-state index contributed by atoms with van der Waals surface area (Å²) >= 11 is 1.40. The van der Waals surface area contributed by atoms with E-state index < -0.39 is 42.0 Å². The Morgan fingerprint density at radius 3 is 2.26 bits per heavy atom. The summed E-state index contributed by atoms with van der Waals surface area (Å²) in [5.41, 5.74) is 4.42. The molecule has 0 radical (unpaired) electrons. The third kappa shape index (κ3) is 14.6. The number of aliphatic hydroxyl groups is 2. The summed E-state index contributed by atoms with van der Waals surface area (Å²) in [4.78, 5) is 50.2. The highest BCUT2D eigenvalue weighted by Gasteiger charge is 2.34. The van der Waals surface area contributed by atoms with Crippen molar-refractivity contribution in [3.05, 3.63) is 88.4 Å². The third-order valence-electron chi connectivity index (χ3n) is 10.5. The van der Waals surface area contributed by atoms with E-state index in [1.807, 2.05) is 61.0 Å². The summed E-state index contributed by atoms with van der Waals surface area (Å²) in [7, 11) is 3.77. The minimum atomic E-state index is -1.20. The van der Waals surface area contributed by atoms with Gasteiger partial charge in [-0.2, -0.15) is 0 Å². The smallest absolute Gasteiger partial charge is 0.243 e. The monoisotopic (exact) mass is 757 g/mol. The second-order valence-electron chi connectivity index (χ2n) is 14.9. The van der Waals surface area contributed by atoms with Crippen molar-refractivity contribution in [2.75, 3.05) is 27.2 Å². The zero-order valence-corrected chi connectivity index (χ0v) is 32.8. The van der Waals surface area contributed by atoms with Crippen LogP contribution in [0, 0.1) is 24.2 Å². The van der Waals surface area contributed by atoms with E-state index in [1.165, 1.54) is 23.3 Å². The number of thiazole rings is 1. The molecule has 1 aromatic heterocycles. The molecular formula is C43H59N5O5S. The molecule has 3 aromatic rings. The highest BCUT2D eigenvalue weighted by Crippen LogP contribution is 2.29. The number of hydrogen-bond acceptors (Lipinski definition) is 8. The lowest BCUT2D eigenvalue weighted by Gasteiger charge is -2.33. The molecule has 1 aliphatic carbocycles. The van der Waals surface area contributed by atoms with Gasteiger partial charge in [-0.3, -0.25) is 14.4 Å². The van der Waals surface area contributed by atoms with Crippen LogP contribution in [0.5, 0.6) is 0 Å². The van der Waals surface area contributed by atoms with Gasteiger partial charge in [-0.05, 0) is 49.8 Å². The summed E-state index contributed by atoms with van der Waals surface area (Å²) in [5, 5.41) is 30.2. The molecule has 0 bridgehead atoms. The minimum Gasteiger partial charge on any atom is -0.390 e. The first-order valence-corrected chi connectivity index (χ1v) is 20.3. The first-order chi connectivity index (χ1) is 26.1. The molecule has 0 aliphatic heterocycles. The second kappa shape index (κ2) is 23.0. The van der Waals surface area contributed by atoms with Crippen LogP contribution in [0.3, 0.4) is 0 Å². The third-order valence-corrected chi connectivity index (χ3v) is 11.1. The van der Waals surface area contributed by atoms with Crippen molar-refractivity contribution >= 4 is 29.1 Å². The highest BCUT2D eigenvalue weighted by atomic mass is 32.1. The Kier molecular flexibility index (Phi) is 18.2. The second-order valence-corrected chi connectivity index (χ2v) is 15.6. The van der Waals surface area contributed by atoms with Crippen LogP contribution in [0.15, 0.2) is 71.6 Å². The lowest BCUT2D eigenvalue weighted by Crippen LogP contribution is -2.56. The quantitative estimate of drug-likeness (QED) is 0.0839. The predicted octanol–water partition coefficient (Wildman–Crippen LogP) is 4.99. The Labute approximate surface area is 325 Å². The van der Waals surface area contributed by atoms with Gasteiger partial charge in [-0.25, -0.2) is 4.98 Å². The Balaban J connectivity index is 1.48. The fourth-order valence-electron chi connectivity index (χ4n) is 7.19. The molecule has 1 fully saturated rings. The maximum atomic E-state index is 14.2. The van der Waals surface area contributed by atoms with Crippen LogP contribution in [0.25, 0.3) is 0 Å². The molecule has 4 N–H and O–H groups in total. The molecule has 1 unspecified atom stereocenters. The molecule has 10 nitrogen and oxygen atoms in total. The standard InChI is InChI=1S/C43H59N5O5S/c1-4-5-9-22-39(49)41(51)37(26-33-18-12-7-13-19-33)45-43(53)38(28-36-30-54-31-44-36)46-42(52)35(25-32-16-10-6-11-17-32)27-40(50)48(3)24-23-47(2)29-34-20-14-8-15-21-34/h1,6,8,10-11,14-17,20-21,30-31,33,35,37-39,41,49,51H,5,7,9,12-13,18-19,22-29H2,2-3H3,(H,45,53)(H,46,52)/t35?,37-,38-,39-,41+/m0/s1. The maximum absolute atomic E-state index is 14.2. The van der Waals surface area contributed by atoms with Gasteiger partial charge in [0, 0.05) is 51.3 Å². The number of aliphatic hydroxyl groups excluding tert-OH is 2. The van der Waals surface area contributed by atoms with Crippen molar-refractivity contribution in [2.24, 2.45) is 11.8 Å². The molecule has 3 amide bonds. The first kappa shape index (κ1) is 42.7. The number of aromatic nitrogens is 1. The van der Waals surface area contributed by atoms with Gasteiger partial charge >= 0.3 is 0 Å². The van der Waals surface area contributed by atoms with Crippen LogP contribution < -0.4 is 10.6 Å². The average Bonchev–Trinajstić information content (AvgIpc) is 3.70. The van der Waals surface area contributed by atoms with E-state index in [0.29, 0.717) is 56.8 Å². The molecule has 0 spiro atoms. The summed E-state index contributed by atoms with van der Waals surface area (Å²) in [6.07, 6.45) is 10.8. The summed E-state index contributed by atoms with van der Waals surface area (Å²) in [6, 6.07) is 18.0. The lowest BCUT2D eigenvalue weighted by atomic mass is 9.82. The number of unbranched alkanes of at least 4 members (excludes halogenated alkanes) is 1. The van der Waals surface area contributed by atoms with Crippen molar-refractivity contribution < 1.29 is 24.6 Å². The number of hydrogen-bond donors (Lipinski definition) is 4. The van der Waals surface area contributed by atoms with E-state index in [2.05, 4.69) is 38.6 Å². The molecule has 4 rings (SSSR count). The van der Waals surface area contributed by atoms with E-state index in [0.717, 1.165) is 37.8 Å². The number of nitrogens with zero attached hydrogens (tertiary/aromatic N) is 3. The van der Waals surface area contributed by atoms with Gasteiger partial charge in [0.25, 0.3) is 0 Å². The van der Waals surface area contributed by atoms with E-state index in [-0.39, 0.29) is 18.7 Å². The van der Waals surface area contributed by atoms with Crippen LogP contribution in [-0.2, 0) is 33.8 Å². The van der Waals surface area contributed by atoms with Crippen molar-refractivity contribution in [1.82, 2.24) is 25.4 Å². The van der Waals surface area contributed by atoms with Gasteiger partial charge in [0.05, 0.1) is 35.4 Å². The zero-order chi connectivity index (χ0) is 38.7. The molecule has 1 heterocycles. The summed E-state index contributed by atoms with van der Waals surface area (Å²) in [5.74, 6) is 1.11. The molecule has 11 heteroatoms. The van der Waals surface area contributed by atoms with Crippen molar-refractivity contribution in [3.8, 4) is 12.3 Å². The Morgan fingerprint density at radius 2 is 1.61 bits per heavy atom. The SMILES string of the molecule is C#CCCC[C@H](O)[C@H](O)[C@H](CC1CCCCC1)NC(=O)[C@H](Cc1cscn1)NC(=O)C(CC(=O)N(C)CCN(C)Cc1ccccc1)Cc1ccccc1. The van der Waals surface area contributed by atoms with Crippen LogP contribution >= 0.6 is 11.3 Å². The molecule has 54 heavy (non-hydrogen) atoms. The van der Waals surface area contributed by atoms with E-state index in [1.54, 1.807) is 17.5 Å². The molecular weight excluding hydrogens is 699 g/mol. The van der Waals surface area contributed by atoms with E-state index in [9.17, 15) is 24.6 Å². The number of carbonyl (C=O) groups is 3. The van der Waals surface area contributed by atoms with Crippen LogP contribution in [0.4, 0.5) is 0 Å². The molecule has 2 aromatic carbocycles. The number of nitrogens with one attached hydrogen (secondary N) is 2. The van der Waals surface area contributed by atoms with Gasteiger partial charge in [0.15, 0.2) is 0 Å². The molecule has 1 aliphatic rings. The summed E-state index contributed by atoms with van der Waals surface area (Å²) in [6.45, 7) is 1.92. The highest BCUT2D eigenvalue weighted by molar-refractivity contribution is 7.07. The number of carbonyl (C=O) groups excluding carboxylic acids is 3. The van der Waals surface area contributed by atoms with Crippen molar-refractivity contribution in [1.29, 1.82) is 0 Å². The van der Waals surface area contributed by atoms with Crippen LogP contribution in [-0.4, -0.2) is 94.2 Å². The normalized spacial score (nSPS) is 16.1. The van der Waals surface area contributed by atoms with Gasteiger partial charge in [-0.1, -0.05) is 92.8 Å². The minimum absolute atomic E-state index is 0.0302. The van der Waals surface area contributed by atoms with Crippen molar-refractivity contribution in [3.63, 3.8) is 0 Å². The fourth-order valence-corrected chi connectivity index (χ4v) is 7.76. The first-order valence-electron chi connectivity index (χ1n) is 19.4. The van der Waals surface area contributed by atoms with Gasteiger partial charge in [0.2, 0.25) is 17.7 Å². The number of rotatable bonds is 22. The molecule has 292 valence electrons. The number of amides is 3. The largest absolute Gasteiger partial charge is 0.390 e. The summed E-state index contributed by atoms with van der Waals surface area (Å²) < 4.78 is 0. The van der Waals surface area contributed by atoms with Gasteiger partial charge < -0.3 is 30.6 Å². The molecule has 1 saturated carbocycles. The Hall–Kier alpha value is -4.08. The average molecular weight is 758 g/mol. The number of terminal acetylenes is 1. The Morgan fingerprint density at radius 1 is 0.926 bits per heavy atom. The number of likely N-dealkylation sites (N-methyl/N-ethyl adjacent to an activating group) is 2. The van der Waals surface area contributed by atoms with E-state index >= 15 is 0 Å². The van der Waals surface area contributed by atoms with E-state index in [4.69, 9.17) is 6.42 Å².